The van der Waals surface area contributed by atoms with Gasteiger partial charge in [0, 0.05) is 12.1 Å². The van der Waals surface area contributed by atoms with Crippen LogP contribution in [0.15, 0.2) is 18.2 Å². The highest BCUT2D eigenvalue weighted by atomic mass is 19.1. The number of benzene rings is 1. The quantitative estimate of drug-likeness (QED) is 0.616. The van der Waals surface area contributed by atoms with Gasteiger partial charge < -0.3 is 10.1 Å². The van der Waals surface area contributed by atoms with E-state index in [0.29, 0.717) is 0 Å². The van der Waals surface area contributed by atoms with Crippen molar-refractivity contribution in [1.29, 1.82) is 5.26 Å². The lowest BCUT2D eigenvalue weighted by Crippen LogP contribution is -2.30. The van der Waals surface area contributed by atoms with E-state index in [2.05, 4.69) is 5.32 Å². The molecule has 0 radical (unpaired) electrons. The lowest BCUT2D eigenvalue weighted by Gasteiger charge is -2.10. The molecule has 90 valence electrons. The monoisotopic (exact) mass is 239 g/mol. The summed E-state index contributed by atoms with van der Waals surface area (Å²) in [6, 6.07) is 4.19. The number of nitro benzene ring substituents is 1. The van der Waals surface area contributed by atoms with E-state index in [1.807, 2.05) is 6.07 Å². The summed E-state index contributed by atoms with van der Waals surface area (Å²) in [5.74, 6) is -0.825. The molecule has 0 saturated heterocycles. The van der Waals surface area contributed by atoms with E-state index in [0.717, 1.165) is 18.2 Å². The van der Waals surface area contributed by atoms with Crippen LogP contribution < -0.4 is 10.1 Å². The molecule has 1 atom stereocenters. The molecule has 1 aromatic carbocycles. The normalized spacial score (nSPS) is 11.6. The third kappa shape index (κ3) is 3.39. The minimum Gasteiger partial charge on any atom is -0.484 e. The molecule has 17 heavy (non-hydrogen) atoms. The van der Waals surface area contributed by atoms with Gasteiger partial charge in [-0.3, -0.25) is 10.1 Å². The topological polar surface area (TPSA) is 88.2 Å². The van der Waals surface area contributed by atoms with Gasteiger partial charge in [0.25, 0.3) is 0 Å². The van der Waals surface area contributed by atoms with Crippen molar-refractivity contribution in [3.05, 3.63) is 34.1 Å². The van der Waals surface area contributed by atoms with E-state index in [1.165, 1.54) is 0 Å². The molecule has 0 aliphatic rings. The van der Waals surface area contributed by atoms with Gasteiger partial charge in [-0.05, 0) is 13.1 Å². The number of nitriles is 1. The second-order valence-electron chi connectivity index (χ2n) is 3.15. The van der Waals surface area contributed by atoms with Crippen LogP contribution in [-0.2, 0) is 0 Å². The number of rotatable bonds is 5. The van der Waals surface area contributed by atoms with Crippen LogP contribution in [0.2, 0.25) is 0 Å². The summed E-state index contributed by atoms with van der Waals surface area (Å²) in [7, 11) is 1.55. The van der Waals surface area contributed by atoms with Crippen molar-refractivity contribution in [1.82, 2.24) is 5.32 Å². The van der Waals surface area contributed by atoms with Crippen molar-refractivity contribution in [2.75, 3.05) is 13.7 Å². The Bertz CT molecular complexity index is 459. The van der Waals surface area contributed by atoms with E-state index < -0.39 is 16.8 Å². The standard InChI is InChI=1S/C10H10FN3O3/c1-13-8(5-12)6-17-10-4-7(11)2-3-9(10)14(15)16/h2-4,8,13H,6H2,1H3. The highest BCUT2D eigenvalue weighted by Crippen LogP contribution is 2.27. The zero-order valence-electron chi connectivity index (χ0n) is 9.01. The molecule has 0 spiro atoms. The van der Waals surface area contributed by atoms with Gasteiger partial charge in [0.15, 0.2) is 5.75 Å². The molecule has 1 N–H and O–H groups in total. The van der Waals surface area contributed by atoms with Gasteiger partial charge in [0.2, 0.25) is 0 Å². The third-order valence-electron chi connectivity index (χ3n) is 2.03. The fourth-order valence-electron chi connectivity index (χ4n) is 1.11. The summed E-state index contributed by atoms with van der Waals surface area (Å²) in [5.41, 5.74) is -0.334. The van der Waals surface area contributed by atoms with Crippen LogP contribution in [-0.4, -0.2) is 24.6 Å². The Morgan fingerprint density at radius 1 is 1.71 bits per heavy atom. The molecule has 1 rings (SSSR count). The van der Waals surface area contributed by atoms with E-state index >= 15 is 0 Å². The second kappa shape index (κ2) is 5.77. The van der Waals surface area contributed by atoms with Crippen LogP contribution in [0.4, 0.5) is 10.1 Å². The number of hydrogen-bond donors (Lipinski definition) is 1. The van der Waals surface area contributed by atoms with Crippen LogP contribution in [0.5, 0.6) is 5.75 Å². The lowest BCUT2D eigenvalue weighted by molar-refractivity contribution is -0.385. The largest absolute Gasteiger partial charge is 0.484 e. The molecule has 0 amide bonds. The maximum atomic E-state index is 12.9. The number of nitrogens with zero attached hydrogens (tertiary/aromatic N) is 2. The van der Waals surface area contributed by atoms with Crippen molar-refractivity contribution in [2.24, 2.45) is 0 Å². The number of hydrogen-bond acceptors (Lipinski definition) is 5. The molecule has 6 nitrogen and oxygen atoms in total. The predicted molar refractivity (Wildman–Crippen MR) is 57.0 cm³/mol. The van der Waals surface area contributed by atoms with Crippen LogP contribution in [0.3, 0.4) is 0 Å². The first-order chi connectivity index (χ1) is 8.08. The molecular weight excluding hydrogens is 229 g/mol. The molecule has 0 aromatic heterocycles. The Balaban J connectivity index is 2.86. The van der Waals surface area contributed by atoms with Crippen LogP contribution in [0, 0.1) is 27.3 Å². The highest BCUT2D eigenvalue weighted by Gasteiger charge is 2.17. The summed E-state index contributed by atoms with van der Waals surface area (Å²) in [6.45, 7) is -0.0999. The SMILES string of the molecule is CNC(C#N)COc1cc(F)ccc1[N+](=O)[O-]. The van der Waals surface area contributed by atoms with Crippen molar-refractivity contribution < 1.29 is 14.1 Å². The summed E-state index contributed by atoms with van der Waals surface area (Å²) >= 11 is 0. The third-order valence-corrected chi connectivity index (χ3v) is 2.03. The van der Waals surface area contributed by atoms with Gasteiger partial charge in [-0.25, -0.2) is 4.39 Å². The summed E-state index contributed by atoms with van der Waals surface area (Å²) in [4.78, 5) is 9.97. The average molecular weight is 239 g/mol. The van der Waals surface area contributed by atoms with Gasteiger partial charge >= 0.3 is 5.69 Å². The zero-order chi connectivity index (χ0) is 12.8. The van der Waals surface area contributed by atoms with Crippen LogP contribution in [0.1, 0.15) is 0 Å². The van der Waals surface area contributed by atoms with Crippen molar-refractivity contribution in [2.45, 2.75) is 6.04 Å². The molecule has 0 fully saturated rings. The summed E-state index contributed by atoms with van der Waals surface area (Å²) < 4.78 is 18.0. The Kier molecular flexibility index (Phi) is 4.37. The van der Waals surface area contributed by atoms with Gasteiger partial charge in [0.1, 0.15) is 18.5 Å². The summed E-state index contributed by atoms with van der Waals surface area (Å²) in [5, 5.41) is 21.9. The maximum Gasteiger partial charge on any atom is 0.311 e. The molecule has 0 bridgehead atoms. The van der Waals surface area contributed by atoms with E-state index in [9.17, 15) is 14.5 Å². The van der Waals surface area contributed by atoms with Crippen molar-refractivity contribution in [3.63, 3.8) is 0 Å². The highest BCUT2D eigenvalue weighted by molar-refractivity contribution is 5.46. The van der Waals surface area contributed by atoms with Gasteiger partial charge in [-0.2, -0.15) is 5.26 Å². The fourth-order valence-corrected chi connectivity index (χ4v) is 1.11. The van der Waals surface area contributed by atoms with E-state index in [4.69, 9.17) is 10.00 Å². The van der Waals surface area contributed by atoms with Gasteiger partial charge in [-0.1, -0.05) is 0 Å². The fraction of sp³-hybridized carbons (Fsp3) is 0.300. The zero-order valence-corrected chi connectivity index (χ0v) is 9.01. The first kappa shape index (κ1) is 12.9. The molecule has 0 aliphatic heterocycles. The number of halogens is 1. The summed E-state index contributed by atoms with van der Waals surface area (Å²) in [6.07, 6.45) is 0. The minimum atomic E-state index is -0.671. The van der Waals surface area contributed by atoms with Crippen LogP contribution >= 0.6 is 0 Å². The average Bonchev–Trinajstić information content (AvgIpc) is 2.30. The van der Waals surface area contributed by atoms with E-state index in [1.54, 1.807) is 7.05 Å². The van der Waals surface area contributed by atoms with Gasteiger partial charge in [-0.15, -0.1) is 0 Å². The number of nitrogens with one attached hydrogen (secondary N) is 1. The molecule has 0 heterocycles. The Labute approximate surface area is 96.8 Å². The Morgan fingerprint density at radius 3 is 2.94 bits per heavy atom. The first-order valence-corrected chi connectivity index (χ1v) is 4.72. The molecule has 0 aliphatic carbocycles. The number of nitro groups is 1. The second-order valence-corrected chi connectivity index (χ2v) is 3.15. The van der Waals surface area contributed by atoms with E-state index in [-0.39, 0.29) is 18.0 Å². The Morgan fingerprint density at radius 2 is 2.41 bits per heavy atom. The van der Waals surface area contributed by atoms with Crippen LogP contribution in [0.25, 0.3) is 0 Å². The molecule has 0 saturated carbocycles. The van der Waals surface area contributed by atoms with Crippen molar-refractivity contribution in [3.8, 4) is 11.8 Å². The Hall–Kier alpha value is -2.20. The van der Waals surface area contributed by atoms with Crippen molar-refractivity contribution >= 4 is 5.69 Å². The maximum absolute atomic E-state index is 12.9. The van der Waals surface area contributed by atoms with Gasteiger partial charge in [0.05, 0.1) is 11.0 Å². The predicted octanol–water partition coefficient (Wildman–Crippen LogP) is 1.22. The molecule has 1 aromatic rings. The molecule has 1 unspecified atom stereocenters. The molecule has 7 heteroatoms. The number of ether oxygens (including phenoxy) is 1. The number of likely N-dealkylation sites (N-methyl/N-ethyl adjacent to an activating group) is 1. The lowest BCUT2D eigenvalue weighted by atomic mass is 10.3. The smallest absolute Gasteiger partial charge is 0.311 e. The first-order valence-electron chi connectivity index (χ1n) is 4.72. The molecular formula is C10H10FN3O3. The minimum absolute atomic E-state index is 0.0999.